The fourth-order valence-corrected chi connectivity index (χ4v) is 3.48. The van der Waals surface area contributed by atoms with Crippen molar-refractivity contribution in [1.29, 1.82) is 0 Å². The van der Waals surface area contributed by atoms with Crippen LogP contribution in [-0.2, 0) is 10.0 Å². The van der Waals surface area contributed by atoms with Gasteiger partial charge < -0.3 is 9.73 Å². The van der Waals surface area contributed by atoms with E-state index in [1.807, 2.05) is 0 Å². The molecular formula is C20H18ClN3O4S. The number of rotatable bonds is 6. The number of aryl methyl sites for hydroxylation is 1. The molecule has 7 nitrogen and oxygen atoms in total. The summed E-state index contributed by atoms with van der Waals surface area (Å²) in [4.78, 5) is 14.6. The van der Waals surface area contributed by atoms with Gasteiger partial charge in [-0.15, -0.1) is 0 Å². The predicted molar refractivity (Wildman–Crippen MR) is 112 cm³/mol. The van der Waals surface area contributed by atoms with Gasteiger partial charge in [-0.05, 0) is 61.9 Å². The van der Waals surface area contributed by atoms with Crippen molar-refractivity contribution in [2.75, 3.05) is 5.32 Å². The predicted octanol–water partition coefficient (Wildman–Crippen LogP) is 4.20. The number of hydrogen-bond donors (Lipinski definition) is 2. The fourth-order valence-electron chi connectivity index (χ4n) is 2.50. The van der Waals surface area contributed by atoms with E-state index < -0.39 is 10.0 Å². The first-order valence-electron chi connectivity index (χ1n) is 8.54. The third kappa shape index (κ3) is 5.04. The summed E-state index contributed by atoms with van der Waals surface area (Å²) >= 11 is 5.78. The molecule has 0 fully saturated rings. The fraction of sp³-hybridized carbons (Fsp3) is 0.100. The van der Waals surface area contributed by atoms with E-state index in [0.29, 0.717) is 33.3 Å². The molecule has 0 radical (unpaired) electrons. The quantitative estimate of drug-likeness (QED) is 0.451. The maximum atomic E-state index is 12.3. The molecular weight excluding hydrogens is 414 g/mol. The van der Waals surface area contributed by atoms with Crippen LogP contribution in [0.3, 0.4) is 0 Å². The van der Waals surface area contributed by atoms with E-state index in [1.54, 1.807) is 44.2 Å². The first-order chi connectivity index (χ1) is 13.8. The largest absolute Gasteiger partial charge is 0.469 e. The normalized spacial score (nSPS) is 11.9. The Morgan fingerprint density at radius 3 is 2.48 bits per heavy atom. The number of anilines is 1. The number of carbonyl (C=O) groups excluding carboxylic acids is 1. The lowest BCUT2D eigenvalue weighted by Gasteiger charge is -2.08. The summed E-state index contributed by atoms with van der Waals surface area (Å²) in [5, 5.41) is 7.18. The lowest BCUT2D eigenvalue weighted by Crippen LogP contribution is -2.20. The van der Waals surface area contributed by atoms with Crippen LogP contribution in [0.15, 0.2) is 75.3 Å². The van der Waals surface area contributed by atoms with E-state index in [-0.39, 0.29) is 10.8 Å². The second kappa shape index (κ2) is 8.50. The van der Waals surface area contributed by atoms with Crippen molar-refractivity contribution in [1.82, 2.24) is 4.83 Å². The van der Waals surface area contributed by atoms with E-state index in [9.17, 15) is 13.2 Å². The van der Waals surface area contributed by atoms with Gasteiger partial charge in [-0.1, -0.05) is 23.7 Å². The molecule has 0 unspecified atom stereocenters. The zero-order chi connectivity index (χ0) is 21.0. The number of halogens is 1. The number of benzene rings is 2. The maximum Gasteiger partial charge on any atom is 0.276 e. The minimum Gasteiger partial charge on any atom is -0.469 e. The summed E-state index contributed by atoms with van der Waals surface area (Å²) in [7, 11) is -3.82. The summed E-state index contributed by atoms with van der Waals surface area (Å²) in [5.74, 6) is 0.222. The molecule has 1 amide bonds. The van der Waals surface area contributed by atoms with Crippen molar-refractivity contribution in [3.8, 4) is 0 Å². The van der Waals surface area contributed by atoms with Crippen LogP contribution >= 0.6 is 11.6 Å². The second-order valence-electron chi connectivity index (χ2n) is 6.17. The molecule has 1 aromatic heterocycles. The average molecular weight is 432 g/mol. The van der Waals surface area contributed by atoms with Crippen molar-refractivity contribution in [2.45, 2.75) is 18.7 Å². The molecule has 3 rings (SSSR count). The molecule has 0 spiro atoms. The maximum absolute atomic E-state index is 12.3. The van der Waals surface area contributed by atoms with Gasteiger partial charge in [0.25, 0.3) is 15.9 Å². The lowest BCUT2D eigenvalue weighted by molar-refractivity contribution is 0.102. The van der Waals surface area contributed by atoms with Gasteiger partial charge in [0.05, 0.1) is 22.4 Å². The van der Waals surface area contributed by atoms with Crippen LogP contribution in [0.2, 0.25) is 5.02 Å². The minimum atomic E-state index is -3.82. The van der Waals surface area contributed by atoms with Crippen LogP contribution in [0.4, 0.5) is 5.69 Å². The van der Waals surface area contributed by atoms with Crippen LogP contribution in [0.25, 0.3) is 0 Å². The lowest BCUT2D eigenvalue weighted by atomic mass is 10.1. The van der Waals surface area contributed by atoms with Crippen molar-refractivity contribution >= 4 is 38.9 Å². The number of nitrogens with zero attached hydrogens (tertiary/aromatic N) is 1. The van der Waals surface area contributed by atoms with Crippen molar-refractivity contribution in [2.24, 2.45) is 5.10 Å². The molecule has 0 saturated heterocycles. The number of hydrazone groups is 1. The molecule has 2 aromatic carbocycles. The highest BCUT2D eigenvalue weighted by Gasteiger charge is 2.14. The molecule has 29 heavy (non-hydrogen) atoms. The number of amides is 1. The summed E-state index contributed by atoms with van der Waals surface area (Å²) in [6, 6.07) is 14.3. The topological polar surface area (TPSA) is 101 Å². The number of carbonyl (C=O) groups is 1. The molecule has 0 aliphatic carbocycles. The highest BCUT2D eigenvalue weighted by atomic mass is 35.5. The Bertz CT molecular complexity index is 1170. The summed E-state index contributed by atoms with van der Waals surface area (Å²) in [6.07, 6.45) is 1.45. The molecule has 1 heterocycles. The third-order valence-electron chi connectivity index (χ3n) is 4.10. The summed E-state index contributed by atoms with van der Waals surface area (Å²) in [6.45, 7) is 3.36. The molecule has 0 saturated carbocycles. The van der Waals surface area contributed by atoms with Gasteiger partial charge in [-0.2, -0.15) is 18.4 Å². The number of hydrogen-bond acceptors (Lipinski definition) is 5. The van der Waals surface area contributed by atoms with E-state index in [0.717, 1.165) is 0 Å². The molecule has 150 valence electrons. The molecule has 9 heteroatoms. The second-order valence-corrected chi connectivity index (χ2v) is 8.27. The minimum absolute atomic E-state index is 0.0509. The number of furan rings is 1. The summed E-state index contributed by atoms with van der Waals surface area (Å²) in [5.41, 5.74) is 2.06. The smallest absolute Gasteiger partial charge is 0.276 e. The van der Waals surface area contributed by atoms with Gasteiger partial charge in [0.15, 0.2) is 0 Å². The monoisotopic (exact) mass is 431 g/mol. The highest BCUT2D eigenvalue weighted by molar-refractivity contribution is 7.89. The van der Waals surface area contributed by atoms with Crippen LogP contribution in [-0.4, -0.2) is 20.0 Å². The SMILES string of the molecule is C/C(=N/NS(=O)(=O)c1ccc(Cl)cc1)c1cccc(NC(=O)c2ccoc2C)c1. The summed E-state index contributed by atoms with van der Waals surface area (Å²) < 4.78 is 29.8. The van der Waals surface area contributed by atoms with Gasteiger partial charge in [0.2, 0.25) is 0 Å². The first-order valence-corrected chi connectivity index (χ1v) is 10.4. The average Bonchev–Trinajstić information content (AvgIpc) is 3.13. The Balaban J connectivity index is 1.75. The third-order valence-corrected chi connectivity index (χ3v) is 5.58. The number of sulfonamides is 1. The van der Waals surface area contributed by atoms with Gasteiger partial charge in [0, 0.05) is 10.7 Å². The molecule has 0 aliphatic rings. The van der Waals surface area contributed by atoms with Crippen molar-refractivity contribution in [3.63, 3.8) is 0 Å². The zero-order valence-corrected chi connectivity index (χ0v) is 17.2. The Hall–Kier alpha value is -3.10. The van der Waals surface area contributed by atoms with E-state index in [4.69, 9.17) is 16.0 Å². The van der Waals surface area contributed by atoms with Crippen LogP contribution < -0.4 is 10.1 Å². The van der Waals surface area contributed by atoms with Crippen LogP contribution in [0, 0.1) is 6.92 Å². The van der Waals surface area contributed by atoms with E-state index in [1.165, 1.54) is 30.5 Å². The highest BCUT2D eigenvalue weighted by Crippen LogP contribution is 2.16. The van der Waals surface area contributed by atoms with Gasteiger partial charge in [0.1, 0.15) is 5.76 Å². The van der Waals surface area contributed by atoms with Crippen molar-refractivity contribution in [3.05, 3.63) is 82.8 Å². The van der Waals surface area contributed by atoms with Crippen LogP contribution in [0.1, 0.15) is 28.6 Å². The standard InChI is InChI=1S/C20H18ClN3O4S/c1-13(23-24-29(26,27)18-8-6-16(21)7-9-18)15-4-3-5-17(12-15)22-20(25)19-10-11-28-14(19)2/h3-12,24H,1-2H3,(H,22,25)/b23-13-. The Morgan fingerprint density at radius 1 is 1.10 bits per heavy atom. The van der Waals surface area contributed by atoms with Gasteiger partial charge in [-0.3, -0.25) is 4.79 Å². The molecule has 0 bridgehead atoms. The molecule has 0 atom stereocenters. The molecule has 3 aromatic rings. The Labute approximate surface area is 173 Å². The molecule has 2 N–H and O–H groups in total. The van der Waals surface area contributed by atoms with E-state index in [2.05, 4.69) is 15.2 Å². The first kappa shape index (κ1) is 20.6. The van der Waals surface area contributed by atoms with Gasteiger partial charge in [-0.25, -0.2) is 0 Å². The number of nitrogens with one attached hydrogen (secondary N) is 2. The van der Waals surface area contributed by atoms with E-state index >= 15 is 0 Å². The zero-order valence-electron chi connectivity index (χ0n) is 15.6. The van der Waals surface area contributed by atoms with Gasteiger partial charge >= 0.3 is 0 Å². The Morgan fingerprint density at radius 2 is 1.83 bits per heavy atom. The Kier molecular flexibility index (Phi) is 6.05. The molecule has 0 aliphatic heterocycles. The van der Waals surface area contributed by atoms with Crippen LogP contribution in [0.5, 0.6) is 0 Å². The van der Waals surface area contributed by atoms with Crippen molar-refractivity contribution < 1.29 is 17.6 Å².